The first-order valence-corrected chi connectivity index (χ1v) is 11.3. The molecule has 0 saturated carbocycles. The molecule has 0 aliphatic carbocycles. The lowest BCUT2D eigenvalue weighted by atomic mass is 10.1. The standard InChI is InChI=1S/C21H18ClFN4OS2/c1-12(17-10-24-27(13(17)2)16-5-3-14(23)4-6-16)25-20(28)9-15-11-29-21(26-15)18-7-8-19(22)30-18/h3-8,10-12H,9H2,1-2H3,(H,25,28). The first-order valence-electron chi connectivity index (χ1n) is 9.20. The summed E-state index contributed by atoms with van der Waals surface area (Å²) in [5.41, 5.74) is 3.28. The maximum absolute atomic E-state index is 13.2. The van der Waals surface area contributed by atoms with Crippen molar-refractivity contribution < 1.29 is 9.18 Å². The molecule has 5 nitrogen and oxygen atoms in total. The average Bonchev–Trinajstić information content (AvgIpc) is 3.42. The van der Waals surface area contributed by atoms with E-state index in [1.165, 1.54) is 34.8 Å². The Kier molecular flexibility index (Phi) is 5.99. The number of thiazole rings is 1. The van der Waals surface area contributed by atoms with Gasteiger partial charge in [-0.3, -0.25) is 4.79 Å². The van der Waals surface area contributed by atoms with E-state index in [1.54, 1.807) is 23.0 Å². The molecule has 3 heterocycles. The molecule has 0 aliphatic rings. The Morgan fingerprint density at radius 1 is 1.27 bits per heavy atom. The smallest absolute Gasteiger partial charge is 0.226 e. The number of hydrogen-bond donors (Lipinski definition) is 1. The summed E-state index contributed by atoms with van der Waals surface area (Å²) in [6.45, 7) is 3.84. The van der Waals surface area contributed by atoms with Gasteiger partial charge < -0.3 is 5.32 Å². The number of rotatable bonds is 6. The third-order valence-electron chi connectivity index (χ3n) is 4.64. The lowest BCUT2D eigenvalue weighted by Crippen LogP contribution is -2.28. The Morgan fingerprint density at radius 2 is 2.03 bits per heavy atom. The summed E-state index contributed by atoms with van der Waals surface area (Å²) in [5.74, 6) is -0.408. The van der Waals surface area contributed by atoms with Crippen LogP contribution in [-0.4, -0.2) is 20.7 Å². The van der Waals surface area contributed by atoms with E-state index in [9.17, 15) is 9.18 Å². The molecule has 4 aromatic rings. The van der Waals surface area contributed by atoms with Gasteiger partial charge in [0.05, 0.1) is 39.3 Å². The highest BCUT2D eigenvalue weighted by molar-refractivity contribution is 7.23. The molecule has 9 heteroatoms. The maximum Gasteiger partial charge on any atom is 0.226 e. The highest BCUT2D eigenvalue weighted by Crippen LogP contribution is 2.33. The number of nitrogens with zero attached hydrogens (tertiary/aromatic N) is 3. The molecule has 3 aromatic heterocycles. The van der Waals surface area contributed by atoms with Crippen LogP contribution in [0.25, 0.3) is 15.6 Å². The lowest BCUT2D eigenvalue weighted by molar-refractivity contribution is -0.121. The molecule has 0 aliphatic heterocycles. The van der Waals surface area contributed by atoms with E-state index in [1.807, 2.05) is 31.4 Å². The summed E-state index contributed by atoms with van der Waals surface area (Å²) in [6, 6.07) is 9.68. The number of hydrogen-bond acceptors (Lipinski definition) is 5. The fraction of sp³-hybridized carbons (Fsp3) is 0.190. The number of thiophene rings is 1. The molecule has 0 fully saturated rings. The molecule has 0 spiro atoms. The van der Waals surface area contributed by atoms with Crippen molar-refractivity contribution in [1.29, 1.82) is 0 Å². The summed E-state index contributed by atoms with van der Waals surface area (Å²) in [5, 5.41) is 10.2. The molecular weight excluding hydrogens is 443 g/mol. The molecule has 0 saturated heterocycles. The zero-order valence-electron chi connectivity index (χ0n) is 16.2. The Morgan fingerprint density at radius 3 is 2.73 bits per heavy atom. The van der Waals surface area contributed by atoms with Gasteiger partial charge in [0.1, 0.15) is 10.8 Å². The van der Waals surface area contributed by atoms with Crippen molar-refractivity contribution in [2.75, 3.05) is 0 Å². The van der Waals surface area contributed by atoms with Crippen LogP contribution in [0, 0.1) is 12.7 Å². The van der Waals surface area contributed by atoms with Gasteiger partial charge in [0.25, 0.3) is 0 Å². The van der Waals surface area contributed by atoms with Crippen LogP contribution in [0.5, 0.6) is 0 Å². The second-order valence-electron chi connectivity index (χ2n) is 6.79. The Balaban J connectivity index is 1.42. The van der Waals surface area contributed by atoms with Gasteiger partial charge in [0.2, 0.25) is 5.91 Å². The predicted molar refractivity (Wildman–Crippen MR) is 119 cm³/mol. The maximum atomic E-state index is 13.2. The van der Waals surface area contributed by atoms with E-state index < -0.39 is 0 Å². The van der Waals surface area contributed by atoms with E-state index in [0.29, 0.717) is 4.34 Å². The van der Waals surface area contributed by atoms with Gasteiger partial charge >= 0.3 is 0 Å². The molecule has 154 valence electrons. The number of nitrogens with one attached hydrogen (secondary N) is 1. The third kappa shape index (κ3) is 4.45. The van der Waals surface area contributed by atoms with Crippen molar-refractivity contribution in [1.82, 2.24) is 20.1 Å². The predicted octanol–water partition coefficient (Wildman–Crippen LogP) is 5.58. The summed E-state index contributed by atoms with van der Waals surface area (Å²) >= 11 is 8.95. The van der Waals surface area contributed by atoms with Crippen molar-refractivity contribution in [3.63, 3.8) is 0 Å². The Labute approximate surface area is 186 Å². The number of carbonyl (C=O) groups excluding carboxylic acids is 1. The van der Waals surface area contributed by atoms with Crippen LogP contribution in [0.2, 0.25) is 4.34 Å². The third-order valence-corrected chi connectivity index (χ3v) is 6.93. The van der Waals surface area contributed by atoms with Crippen LogP contribution >= 0.6 is 34.3 Å². The van der Waals surface area contributed by atoms with E-state index >= 15 is 0 Å². The second-order valence-corrected chi connectivity index (χ2v) is 9.36. The van der Waals surface area contributed by atoms with E-state index in [0.717, 1.165) is 32.5 Å². The molecule has 1 unspecified atom stereocenters. The number of carbonyl (C=O) groups is 1. The summed E-state index contributed by atoms with van der Waals surface area (Å²) in [4.78, 5) is 18.1. The molecule has 1 atom stereocenters. The minimum atomic E-state index is -0.295. The normalized spacial score (nSPS) is 12.1. The van der Waals surface area contributed by atoms with Crippen molar-refractivity contribution in [2.45, 2.75) is 26.3 Å². The van der Waals surface area contributed by atoms with Crippen molar-refractivity contribution in [2.24, 2.45) is 0 Å². The number of benzene rings is 1. The van der Waals surface area contributed by atoms with Crippen LogP contribution in [0.1, 0.15) is 29.9 Å². The van der Waals surface area contributed by atoms with Crippen molar-refractivity contribution >= 4 is 40.2 Å². The summed E-state index contributed by atoms with van der Waals surface area (Å²) in [7, 11) is 0. The van der Waals surface area contributed by atoms with Crippen molar-refractivity contribution in [3.05, 3.63) is 75.1 Å². The lowest BCUT2D eigenvalue weighted by Gasteiger charge is -2.14. The topological polar surface area (TPSA) is 59.8 Å². The number of amides is 1. The molecule has 0 radical (unpaired) electrons. The summed E-state index contributed by atoms with van der Waals surface area (Å²) in [6.07, 6.45) is 1.93. The van der Waals surface area contributed by atoms with Crippen LogP contribution in [0.4, 0.5) is 4.39 Å². The molecular formula is C21H18ClFN4OS2. The van der Waals surface area contributed by atoms with Gasteiger partial charge in [-0.05, 0) is 50.2 Å². The minimum absolute atomic E-state index is 0.113. The van der Waals surface area contributed by atoms with E-state index in [-0.39, 0.29) is 24.2 Å². The Bertz CT molecular complexity index is 1180. The first-order chi connectivity index (χ1) is 14.4. The zero-order valence-corrected chi connectivity index (χ0v) is 18.6. The molecule has 1 N–H and O–H groups in total. The monoisotopic (exact) mass is 460 g/mol. The fourth-order valence-electron chi connectivity index (χ4n) is 3.16. The highest BCUT2D eigenvalue weighted by atomic mass is 35.5. The minimum Gasteiger partial charge on any atom is -0.349 e. The second kappa shape index (κ2) is 8.67. The molecule has 0 bridgehead atoms. The Hall–Kier alpha value is -2.55. The van der Waals surface area contributed by atoms with Gasteiger partial charge in [-0.1, -0.05) is 11.6 Å². The molecule has 1 aromatic carbocycles. The van der Waals surface area contributed by atoms with E-state index in [2.05, 4.69) is 15.4 Å². The van der Waals surface area contributed by atoms with Gasteiger partial charge in [0.15, 0.2) is 0 Å². The summed E-state index contributed by atoms with van der Waals surface area (Å²) < 4.78 is 15.6. The van der Waals surface area contributed by atoms with Crippen LogP contribution in [-0.2, 0) is 11.2 Å². The van der Waals surface area contributed by atoms with Gasteiger partial charge in [-0.2, -0.15) is 5.10 Å². The van der Waals surface area contributed by atoms with Crippen LogP contribution in [0.3, 0.4) is 0 Å². The fourth-order valence-corrected chi connectivity index (χ4v) is 5.09. The largest absolute Gasteiger partial charge is 0.349 e. The quantitative estimate of drug-likeness (QED) is 0.408. The zero-order chi connectivity index (χ0) is 21.3. The van der Waals surface area contributed by atoms with Crippen LogP contribution < -0.4 is 5.32 Å². The number of aromatic nitrogens is 3. The average molecular weight is 461 g/mol. The van der Waals surface area contributed by atoms with Crippen LogP contribution in [0.15, 0.2) is 48.0 Å². The molecule has 1 amide bonds. The van der Waals surface area contributed by atoms with E-state index in [4.69, 9.17) is 11.6 Å². The molecule has 30 heavy (non-hydrogen) atoms. The first kappa shape index (κ1) is 20.7. The molecule has 4 rings (SSSR count). The highest BCUT2D eigenvalue weighted by Gasteiger charge is 2.17. The van der Waals surface area contributed by atoms with Gasteiger partial charge in [0, 0.05) is 16.6 Å². The SMILES string of the molecule is Cc1c(C(C)NC(=O)Cc2csc(-c3ccc(Cl)s3)n2)cnn1-c1ccc(F)cc1. The van der Waals surface area contributed by atoms with Gasteiger partial charge in [-0.15, -0.1) is 22.7 Å². The van der Waals surface area contributed by atoms with Gasteiger partial charge in [-0.25, -0.2) is 14.1 Å². The van der Waals surface area contributed by atoms with Crippen molar-refractivity contribution in [3.8, 4) is 15.6 Å². The number of halogens is 2.